The van der Waals surface area contributed by atoms with E-state index in [-0.39, 0.29) is 6.61 Å². The molecule has 0 radical (unpaired) electrons. The maximum absolute atomic E-state index is 11.4. The minimum atomic E-state index is -1.11. The molecule has 104 valence electrons. The molecular formula is C11H21N3O4. The van der Waals surface area contributed by atoms with E-state index >= 15 is 0 Å². The van der Waals surface area contributed by atoms with E-state index in [4.69, 9.17) is 9.84 Å². The Labute approximate surface area is 106 Å². The molecule has 0 bridgehead atoms. The van der Waals surface area contributed by atoms with Crippen molar-refractivity contribution in [2.24, 2.45) is 0 Å². The van der Waals surface area contributed by atoms with Crippen LogP contribution >= 0.6 is 0 Å². The second kappa shape index (κ2) is 7.17. The van der Waals surface area contributed by atoms with Crippen molar-refractivity contribution in [3.8, 4) is 0 Å². The van der Waals surface area contributed by atoms with Crippen molar-refractivity contribution in [2.75, 3.05) is 33.9 Å². The molecule has 1 aliphatic carbocycles. The van der Waals surface area contributed by atoms with Crippen molar-refractivity contribution in [1.29, 1.82) is 0 Å². The van der Waals surface area contributed by atoms with Gasteiger partial charge >= 0.3 is 12.0 Å². The molecule has 0 heterocycles. The van der Waals surface area contributed by atoms with Gasteiger partial charge in [0.2, 0.25) is 0 Å². The number of carboxylic acids is 1. The molecule has 0 saturated heterocycles. The molecule has 1 atom stereocenters. The maximum atomic E-state index is 11.4. The van der Waals surface area contributed by atoms with E-state index in [0.717, 1.165) is 6.54 Å². The molecule has 0 aromatic carbocycles. The molecular weight excluding hydrogens is 238 g/mol. The summed E-state index contributed by atoms with van der Waals surface area (Å²) in [5, 5.41) is 13.8. The van der Waals surface area contributed by atoms with Crippen LogP contribution in [0, 0.1) is 0 Å². The van der Waals surface area contributed by atoms with Crippen LogP contribution < -0.4 is 10.6 Å². The lowest BCUT2D eigenvalue weighted by molar-refractivity contribution is -0.140. The summed E-state index contributed by atoms with van der Waals surface area (Å²) >= 11 is 0. The number of nitrogens with zero attached hydrogens (tertiary/aromatic N) is 1. The Morgan fingerprint density at radius 2 is 2.17 bits per heavy atom. The Morgan fingerprint density at radius 3 is 2.67 bits per heavy atom. The molecule has 0 aliphatic heterocycles. The second-order valence-corrected chi connectivity index (χ2v) is 4.46. The van der Waals surface area contributed by atoms with Crippen LogP contribution in [-0.4, -0.2) is 67.9 Å². The number of hydrogen-bond donors (Lipinski definition) is 3. The van der Waals surface area contributed by atoms with Gasteiger partial charge in [0.05, 0.1) is 6.61 Å². The normalized spacial score (nSPS) is 16.4. The molecule has 1 rings (SSSR count). The third-order valence-electron chi connectivity index (χ3n) is 2.86. The predicted octanol–water partition coefficient (Wildman–Crippen LogP) is -0.521. The maximum Gasteiger partial charge on any atom is 0.328 e. The molecule has 1 aliphatic rings. The van der Waals surface area contributed by atoms with Gasteiger partial charge in [0.25, 0.3) is 0 Å². The summed E-state index contributed by atoms with van der Waals surface area (Å²) < 4.78 is 4.72. The van der Waals surface area contributed by atoms with Gasteiger partial charge in [-0.3, -0.25) is 0 Å². The fraction of sp³-hybridized carbons (Fsp3) is 0.818. The minimum absolute atomic E-state index is 0.0509. The molecule has 1 saturated carbocycles. The van der Waals surface area contributed by atoms with Crippen LogP contribution in [0.1, 0.15) is 12.8 Å². The third kappa shape index (κ3) is 5.33. The van der Waals surface area contributed by atoms with Gasteiger partial charge in [0.15, 0.2) is 6.04 Å². The highest BCUT2D eigenvalue weighted by Crippen LogP contribution is 2.24. The minimum Gasteiger partial charge on any atom is -0.480 e. The molecule has 0 aromatic rings. The summed E-state index contributed by atoms with van der Waals surface area (Å²) in [6, 6.07) is -0.852. The van der Waals surface area contributed by atoms with Gasteiger partial charge in [-0.05, 0) is 19.9 Å². The van der Waals surface area contributed by atoms with Crippen molar-refractivity contribution in [2.45, 2.75) is 24.9 Å². The Kier molecular flexibility index (Phi) is 5.87. The Balaban J connectivity index is 2.16. The summed E-state index contributed by atoms with van der Waals surface area (Å²) in [4.78, 5) is 24.4. The highest BCUT2D eigenvalue weighted by atomic mass is 16.5. The Morgan fingerprint density at radius 1 is 1.50 bits per heavy atom. The van der Waals surface area contributed by atoms with E-state index in [2.05, 4.69) is 15.5 Å². The lowest BCUT2D eigenvalue weighted by atomic mass is 10.3. The summed E-state index contributed by atoms with van der Waals surface area (Å²) in [6.07, 6.45) is 2.44. The van der Waals surface area contributed by atoms with Gasteiger partial charge in [-0.15, -0.1) is 0 Å². The molecule has 18 heavy (non-hydrogen) atoms. The molecule has 1 fully saturated rings. The quantitative estimate of drug-likeness (QED) is 0.545. The molecule has 0 spiro atoms. The highest BCUT2D eigenvalue weighted by molar-refractivity contribution is 5.82. The van der Waals surface area contributed by atoms with Crippen LogP contribution in [0.4, 0.5) is 4.79 Å². The van der Waals surface area contributed by atoms with Crippen LogP contribution in [0.15, 0.2) is 0 Å². The number of hydrogen-bond acceptors (Lipinski definition) is 4. The number of likely N-dealkylation sites (N-methyl/N-ethyl adjacent to an activating group) is 1. The van der Waals surface area contributed by atoms with Crippen molar-refractivity contribution < 1.29 is 19.4 Å². The second-order valence-electron chi connectivity index (χ2n) is 4.46. The van der Waals surface area contributed by atoms with Crippen LogP contribution in [-0.2, 0) is 9.53 Å². The van der Waals surface area contributed by atoms with Crippen molar-refractivity contribution in [3.63, 3.8) is 0 Å². The number of nitrogens with one attached hydrogen (secondary N) is 2. The molecule has 1 unspecified atom stereocenters. The molecule has 3 N–H and O–H groups in total. The number of carbonyl (C=O) groups excluding carboxylic acids is 1. The van der Waals surface area contributed by atoms with E-state index in [1.165, 1.54) is 20.0 Å². The average Bonchev–Trinajstić information content (AvgIpc) is 3.11. The fourth-order valence-electron chi connectivity index (χ4n) is 1.59. The zero-order valence-electron chi connectivity index (χ0n) is 10.8. The van der Waals surface area contributed by atoms with Crippen molar-refractivity contribution in [1.82, 2.24) is 15.5 Å². The SMILES string of the molecule is COCC(NC(=O)NCCN(C)C1CC1)C(=O)O. The van der Waals surface area contributed by atoms with Gasteiger partial charge in [0.1, 0.15) is 0 Å². The summed E-state index contributed by atoms with van der Waals surface area (Å²) in [6.45, 7) is 1.21. The van der Waals surface area contributed by atoms with Gasteiger partial charge in [-0.25, -0.2) is 9.59 Å². The largest absolute Gasteiger partial charge is 0.480 e. The number of carbonyl (C=O) groups is 2. The number of carboxylic acid groups (broad SMARTS) is 1. The topological polar surface area (TPSA) is 90.9 Å². The van der Waals surface area contributed by atoms with Crippen molar-refractivity contribution in [3.05, 3.63) is 0 Å². The first-order chi connectivity index (χ1) is 8.54. The summed E-state index contributed by atoms with van der Waals surface area (Å²) in [7, 11) is 3.41. The van der Waals surface area contributed by atoms with Crippen LogP contribution in [0.25, 0.3) is 0 Å². The summed E-state index contributed by atoms with van der Waals surface area (Å²) in [5.41, 5.74) is 0. The van der Waals surface area contributed by atoms with Crippen molar-refractivity contribution >= 4 is 12.0 Å². The molecule has 2 amide bonds. The van der Waals surface area contributed by atoms with E-state index in [0.29, 0.717) is 12.6 Å². The summed E-state index contributed by atoms with van der Waals surface area (Å²) in [5.74, 6) is -1.11. The third-order valence-corrected chi connectivity index (χ3v) is 2.86. The molecule has 0 aromatic heterocycles. The Bertz CT molecular complexity index is 294. The van der Waals surface area contributed by atoms with E-state index in [9.17, 15) is 9.59 Å². The lowest BCUT2D eigenvalue weighted by Crippen LogP contribution is -2.49. The molecule has 7 nitrogen and oxygen atoms in total. The van der Waals surface area contributed by atoms with E-state index < -0.39 is 18.0 Å². The zero-order valence-corrected chi connectivity index (χ0v) is 10.8. The van der Waals surface area contributed by atoms with Crippen LogP contribution in [0.3, 0.4) is 0 Å². The van der Waals surface area contributed by atoms with Crippen LogP contribution in [0.2, 0.25) is 0 Å². The number of methoxy groups -OCH3 is 1. The first-order valence-electron chi connectivity index (χ1n) is 6.01. The number of ether oxygens (including phenoxy) is 1. The standard InChI is InChI=1S/C11H21N3O4/c1-14(8-3-4-8)6-5-12-11(17)13-9(7-18-2)10(15)16/h8-9H,3-7H2,1-2H3,(H,15,16)(H2,12,13,17). The predicted molar refractivity (Wildman–Crippen MR) is 65.5 cm³/mol. The highest BCUT2D eigenvalue weighted by Gasteiger charge is 2.25. The number of aliphatic carboxylic acids is 1. The van der Waals surface area contributed by atoms with E-state index in [1.54, 1.807) is 0 Å². The first-order valence-corrected chi connectivity index (χ1v) is 6.01. The van der Waals surface area contributed by atoms with Gasteiger partial charge < -0.3 is 25.4 Å². The smallest absolute Gasteiger partial charge is 0.328 e. The fourth-order valence-corrected chi connectivity index (χ4v) is 1.59. The number of amides is 2. The monoisotopic (exact) mass is 259 g/mol. The number of rotatable bonds is 8. The average molecular weight is 259 g/mol. The van der Waals surface area contributed by atoms with Gasteiger partial charge in [-0.1, -0.05) is 0 Å². The lowest BCUT2D eigenvalue weighted by Gasteiger charge is -2.17. The van der Waals surface area contributed by atoms with E-state index in [1.807, 2.05) is 7.05 Å². The van der Waals surface area contributed by atoms with Gasteiger partial charge in [0, 0.05) is 26.2 Å². The zero-order chi connectivity index (χ0) is 13.5. The van der Waals surface area contributed by atoms with Gasteiger partial charge in [-0.2, -0.15) is 0 Å². The first kappa shape index (κ1) is 14.7. The van der Waals surface area contributed by atoms with Crippen LogP contribution in [0.5, 0.6) is 0 Å². The number of urea groups is 1. The Hall–Kier alpha value is -1.34. The molecule has 7 heteroatoms.